The first-order valence-electron chi connectivity index (χ1n) is 6.42. The summed E-state index contributed by atoms with van der Waals surface area (Å²) in [6.07, 6.45) is 3.45. The van der Waals surface area contributed by atoms with E-state index in [2.05, 4.69) is 15.4 Å². The van der Waals surface area contributed by atoms with Crippen LogP contribution in [-0.2, 0) is 6.54 Å². The summed E-state index contributed by atoms with van der Waals surface area (Å²) in [5.74, 6) is -0.541. The molecule has 0 saturated heterocycles. The number of nitrogens with one attached hydrogen (secondary N) is 1. The predicted molar refractivity (Wildman–Crippen MR) is 86.5 cm³/mol. The van der Waals surface area contributed by atoms with Crippen molar-refractivity contribution in [2.75, 3.05) is 5.32 Å². The number of hydrogen-bond donors (Lipinski definition) is 2. The fourth-order valence-corrected chi connectivity index (χ4v) is 2.80. The fourth-order valence-electron chi connectivity index (χ4n) is 1.89. The van der Waals surface area contributed by atoms with E-state index in [1.807, 2.05) is 24.3 Å². The molecule has 2 heterocycles. The number of benzene rings is 1. The molecule has 0 aliphatic rings. The van der Waals surface area contributed by atoms with Gasteiger partial charge in [-0.15, -0.1) is 11.3 Å². The maximum absolute atomic E-state index is 11.0. The van der Waals surface area contributed by atoms with Gasteiger partial charge >= 0.3 is 0 Å². The SMILES string of the molecule is NC(=O)c1ccn(-c2ccc(NCc3cnc(Cl)s3)cc2)n1. The highest BCUT2D eigenvalue weighted by Crippen LogP contribution is 2.19. The molecule has 0 aliphatic carbocycles. The van der Waals surface area contributed by atoms with Crippen molar-refractivity contribution in [1.82, 2.24) is 14.8 Å². The van der Waals surface area contributed by atoms with Crippen molar-refractivity contribution in [3.63, 3.8) is 0 Å². The average Bonchev–Trinajstić information content (AvgIpc) is 3.15. The fraction of sp³-hybridized carbons (Fsp3) is 0.0714. The van der Waals surface area contributed by atoms with Crippen LogP contribution in [-0.4, -0.2) is 20.7 Å². The van der Waals surface area contributed by atoms with Crippen LogP contribution in [0.15, 0.2) is 42.7 Å². The number of carbonyl (C=O) groups is 1. The van der Waals surface area contributed by atoms with Crippen molar-refractivity contribution >= 4 is 34.5 Å². The lowest BCUT2D eigenvalue weighted by Crippen LogP contribution is -2.12. The normalized spacial score (nSPS) is 10.6. The number of nitrogens with zero attached hydrogens (tertiary/aromatic N) is 3. The van der Waals surface area contributed by atoms with Crippen molar-refractivity contribution in [2.45, 2.75) is 6.54 Å². The number of aromatic nitrogens is 3. The molecule has 2 aromatic heterocycles. The Hall–Kier alpha value is -2.38. The highest BCUT2D eigenvalue weighted by molar-refractivity contribution is 7.15. The molecule has 0 fully saturated rings. The minimum atomic E-state index is -0.541. The van der Waals surface area contributed by atoms with E-state index < -0.39 is 5.91 Å². The molecular weight excluding hydrogens is 322 g/mol. The lowest BCUT2D eigenvalue weighted by Gasteiger charge is -2.06. The van der Waals surface area contributed by atoms with Crippen LogP contribution in [0.3, 0.4) is 0 Å². The summed E-state index contributed by atoms with van der Waals surface area (Å²) < 4.78 is 2.14. The highest BCUT2D eigenvalue weighted by atomic mass is 35.5. The van der Waals surface area contributed by atoms with E-state index in [1.54, 1.807) is 23.1 Å². The molecule has 6 nitrogen and oxygen atoms in total. The number of hydrogen-bond acceptors (Lipinski definition) is 5. The smallest absolute Gasteiger partial charge is 0.269 e. The Labute approximate surface area is 135 Å². The van der Waals surface area contributed by atoms with Crippen LogP contribution in [0.1, 0.15) is 15.4 Å². The molecule has 112 valence electrons. The predicted octanol–water partition coefficient (Wildman–Crippen LogP) is 2.69. The van der Waals surface area contributed by atoms with Gasteiger partial charge in [-0.1, -0.05) is 11.6 Å². The molecular formula is C14H12ClN5OS. The first kappa shape index (κ1) is 14.6. The van der Waals surface area contributed by atoms with Crippen LogP contribution in [0, 0.1) is 0 Å². The minimum absolute atomic E-state index is 0.240. The van der Waals surface area contributed by atoms with Gasteiger partial charge in [-0.3, -0.25) is 4.79 Å². The molecule has 8 heteroatoms. The van der Waals surface area contributed by atoms with E-state index in [0.717, 1.165) is 16.3 Å². The molecule has 0 bridgehead atoms. The Morgan fingerprint density at radius 1 is 1.32 bits per heavy atom. The number of amides is 1. The van der Waals surface area contributed by atoms with E-state index >= 15 is 0 Å². The minimum Gasteiger partial charge on any atom is -0.380 e. The Morgan fingerprint density at radius 2 is 2.09 bits per heavy atom. The molecule has 3 N–H and O–H groups in total. The summed E-state index contributed by atoms with van der Waals surface area (Å²) in [6, 6.07) is 9.26. The van der Waals surface area contributed by atoms with Gasteiger partial charge in [-0.05, 0) is 30.3 Å². The van der Waals surface area contributed by atoms with Gasteiger partial charge in [0, 0.05) is 23.0 Å². The second-order valence-corrected chi connectivity index (χ2v) is 6.19. The number of primary amides is 1. The van der Waals surface area contributed by atoms with Gasteiger partial charge < -0.3 is 11.1 Å². The van der Waals surface area contributed by atoms with E-state index in [4.69, 9.17) is 17.3 Å². The largest absolute Gasteiger partial charge is 0.380 e. The first-order chi connectivity index (χ1) is 10.6. The van der Waals surface area contributed by atoms with Crippen LogP contribution >= 0.6 is 22.9 Å². The quantitative estimate of drug-likeness (QED) is 0.751. The summed E-state index contributed by atoms with van der Waals surface area (Å²) in [6.45, 7) is 0.664. The van der Waals surface area contributed by atoms with Crippen LogP contribution in [0.4, 0.5) is 5.69 Å². The molecule has 0 aliphatic heterocycles. The summed E-state index contributed by atoms with van der Waals surface area (Å²) in [5.41, 5.74) is 7.24. The maximum Gasteiger partial charge on any atom is 0.269 e. The summed E-state index contributed by atoms with van der Waals surface area (Å²) >= 11 is 7.24. The average molecular weight is 334 g/mol. The molecule has 0 atom stereocenters. The molecule has 22 heavy (non-hydrogen) atoms. The third kappa shape index (κ3) is 3.26. The number of halogens is 1. The monoisotopic (exact) mass is 333 g/mol. The van der Waals surface area contributed by atoms with Gasteiger partial charge in [-0.25, -0.2) is 9.67 Å². The second kappa shape index (κ2) is 6.17. The van der Waals surface area contributed by atoms with Gasteiger partial charge in [0.25, 0.3) is 5.91 Å². The summed E-state index contributed by atoms with van der Waals surface area (Å²) in [4.78, 5) is 16.1. The summed E-state index contributed by atoms with van der Waals surface area (Å²) in [7, 11) is 0. The van der Waals surface area contributed by atoms with E-state index in [0.29, 0.717) is 11.0 Å². The van der Waals surface area contributed by atoms with E-state index in [1.165, 1.54) is 11.3 Å². The number of rotatable bonds is 5. The number of nitrogens with two attached hydrogens (primary N) is 1. The first-order valence-corrected chi connectivity index (χ1v) is 7.61. The van der Waals surface area contributed by atoms with Crippen LogP contribution in [0.5, 0.6) is 0 Å². The van der Waals surface area contributed by atoms with Crippen molar-refractivity contribution in [3.8, 4) is 5.69 Å². The van der Waals surface area contributed by atoms with Crippen LogP contribution in [0.2, 0.25) is 4.47 Å². The lowest BCUT2D eigenvalue weighted by atomic mass is 10.3. The van der Waals surface area contributed by atoms with Crippen molar-refractivity contribution < 1.29 is 4.79 Å². The van der Waals surface area contributed by atoms with E-state index in [-0.39, 0.29) is 5.69 Å². The molecule has 0 spiro atoms. The zero-order chi connectivity index (χ0) is 15.5. The third-order valence-electron chi connectivity index (χ3n) is 2.97. The van der Waals surface area contributed by atoms with Crippen LogP contribution in [0.25, 0.3) is 5.69 Å². The second-order valence-electron chi connectivity index (χ2n) is 4.49. The lowest BCUT2D eigenvalue weighted by molar-refractivity contribution is 0.0995. The zero-order valence-corrected chi connectivity index (χ0v) is 12.9. The molecule has 0 unspecified atom stereocenters. The standard InChI is InChI=1S/C14H12ClN5OS/c15-14-18-8-11(22-14)7-17-9-1-3-10(4-2-9)20-6-5-12(19-20)13(16)21/h1-6,8,17H,7H2,(H2,16,21). The van der Waals surface area contributed by atoms with Crippen molar-refractivity contribution in [3.05, 3.63) is 57.8 Å². The highest BCUT2D eigenvalue weighted by Gasteiger charge is 2.06. The Morgan fingerprint density at radius 3 is 2.68 bits per heavy atom. The Balaban J connectivity index is 1.68. The Kier molecular flexibility index (Phi) is 4.08. The third-order valence-corrected chi connectivity index (χ3v) is 4.08. The number of anilines is 1. The molecule has 0 radical (unpaired) electrons. The van der Waals surface area contributed by atoms with Gasteiger partial charge in [0.2, 0.25) is 0 Å². The summed E-state index contributed by atoms with van der Waals surface area (Å²) in [5, 5.41) is 7.39. The molecule has 1 amide bonds. The van der Waals surface area contributed by atoms with Crippen LogP contribution < -0.4 is 11.1 Å². The maximum atomic E-state index is 11.0. The molecule has 0 saturated carbocycles. The van der Waals surface area contributed by atoms with Crippen molar-refractivity contribution in [2.24, 2.45) is 5.73 Å². The van der Waals surface area contributed by atoms with Gasteiger partial charge in [0.05, 0.1) is 12.2 Å². The molecule has 1 aromatic carbocycles. The van der Waals surface area contributed by atoms with Gasteiger partial charge in [0.1, 0.15) is 5.69 Å². The van der Waals surface area contributed by atoms with E-state index in [9.17, 15) is 4.79 Å². The van der Waals surface area contributed by atoms with Crippen molar-refractivity contribution in [1.29, 1.82) is 0 Å². The van der Waals surface area contributed by atoms with Gasteiger partial charge in [0.15, 0.2) is 4.47 Å². The number of carbonyl (C=O) groups excluding carboxylic acids is 1. The zero-order valence-electron chi connectivity index (χ0n) is 11.4. The topological polar surface area (TPSA) is 85.8 Å². The molecule has 3 aromatic rings. The molecule has 3 rings (SSSR count). The Bertz CT molecular complexity index is 796. The number of thiazole rings is 1. The van der Waals surface area contributed by atoms with Gasteiger partial charge in [-0.2, -0.15) is 5.10 Å².